The van der Waals surface area contributed by atoms with Crippen molar-refractivity contribution in [2.24, 2.45) is 5.73 Å². The number of nitrogens with zero attached hydrogens (tertiary/aromatic N) is 1. The molecule has 0 aliphatic rings. The molecular formula is C13H16N3O. The first-order valence-electron chi connectivity index (χ1n) is 5.74. The van der Waals surface area contributed by atoms with Gasteiger partial charge in [-0.25, -0.2) is 4.79 Å². The highest BCUT2D eigenvalue weighted by Gasteiger charge is 2.10. The Morgan fingerprint density at radius 3 is 3.12 bits per heavy atom. The Hall–Kier alpha value is -1.81. The van der Waals surface area contributed by atoms with Crippen LogP contribution in [0.25, 0.3) is 10.9 Å². The Bertz CT molecular complexity index is 530. The second-order valence-corrected chi connectivity index (χ2v) is 3.91. The van der Waals surface area contributed by atoms with Crippen molar-refractivity contribution >= 4 is 16.9 Å². The molecule has 2 aromatic rings. The number of likely N-dealkylation sites (N-methyl/N-ethyl adjacent to an activating group) is 1. The number of primary amides is 1. The second-order valence-electron chi connectivity index (χ2n) is 3.91. The summed E-state index contributed by atoms with van der Waals surface area (Å²) in [6.45, 7) is 3.91. The summed E-state index contributed by atoms with van der Waals surface area (Å²) in [7, 11) is 0. The Labute approximate surface area is 100 Å². The number of amides is 1. The predicted molar refractivity (Wildman–Crippen MR) is 68.0 cm³/mol. The van der Waals surface area contributed by atoms with E-state index >= 15 is 0 Å². The monoisotopic (exact) mass is 230 g/mol. The fourth-order valence-corrected chi connectivity index (χ4v) is 1.97. The first-order chi connectivity index (χ1) is 8.24. The molecule has 0 spiro atoms. The van der Waals surface area contributed by atoms with Gasteiger partial charge in [-0.05, 0) is 43.3 Å². The maximum Gasteiger partial charge on any atom is 0.323 e. The lowest BCUT2D eigenvalue weighted by molar-refractivity contribution is 0.251. The molecule has 0 aliphatic carbocycles. The van der Waals surface area contributed by atoms with Gasteiger partial charge in [0.15, 0.2) is 0 Å². The molecule has 0 unspecified atom stereocenters. The molecule has 1 aromatic heterocycles. The van der Waals surface area contributed by atoms with Crippen molar-refractivity contribution in [2.75, 3.05) is 13.1 Å². The van der Waals surface area contributed by atoms with E-state index in [9.17, 15) is 4.79 Å². The Kier molecular flexibility index (Phi) is 3.44. The molecule has 2 rings (SSSR count). The van der Waals surface area contributed by atoms with Gasteiger partial charge in [0.2, 0.25) is 0 Å². The lowest BCUT2D eigenvalue weighted by Gasteiger charge is -1.99. The van der Waals surface area contributed by atoms with Gasteiger partial charge in [-0.15, -0.1) is 0 Å². The predicted octanol–water partition coefficient (Wildman–Crippen LogP) is 1.52. The molecule has 89 valence electrons. The summed E-state index contributed by atoms with van der Waals surface area (Å²) in [5, 5.41) is 4.31. The van der Waals surface area contributed by atoms with Crippen LogP contribution >= 0.6 is 0 Å². The number of carbonyl (C=O) groups is 1. The third-order valence-electron chi connectivity index (χ3n) is 2.79. The summed E-state index contributed by atoms with van der Waals surface area (Å²) in [5.41, 5.74) is 7.32. The van der Waals surface area contributed by atoms with Crippen LogP contribution in [0.5, 0.6) is 0 Å². The number of benzene rings is 1. The van der Waals surface area contributed by atoms with Crippen LogP contribution in [0.3, 0.4) is 0 Å². The topological polar surface area (TPSA) is 60.1 Å². The maximum absolute atomic E-state index is 11.3. The van der Waals surface area contributed by atoms with Gasteiger partial charge in [-0.1, -0.05) is 13.0 Å². The van der Waals surface area contributed by atoms with Gasteiger partial charge in [0.05, 0.1) is 5.52 Å². The molecule has 0 atom stereocenters. The van der Waals surface area contributed by atoms with E-state index in [-0.39, 0.29) is 0 Å². The molecule has 4 heteroatoms. The average molecular weight is 230 g/mol. The summed E-state index contributed by atoms with van der Waals surface area (Å²) < 4.78 is 1.49. The number of hydrogen-bond donors (Lipinski definition) is 2. The molecule has 0 aliphatic heterocycles. The van der Waals surface area contributed by atoms with Gasteiger partial charge in [0.1, 0.15) is 0 Å². The first-order valence-corrected chi connectivity index (χ1v) is 5.74. The van der Waals surface area contributed by atoms with E-state index in [4.69, 9.17) is 5.73 Å². The zero-order valence-electron chi connectivity index (χ0n) is 9.86. The van der Waals surface area contributed by atoms with Crippen LogP contribution in [0.4, 0.5) is 4.79 Å². The van der Waals surface area contributed by atoms with Gasteiger partial charge in [-0.2, -0.15) is 0 Å². The molecule has 1 amide bonds. The molecule has 17 heavy (non-hydrogen) atoms. The van der Waals surface area contributed by atoms with Gasteiger partial charge < -0.3 is 11.1 Å². The minimum Gasteiger partial charge on any atom is -0.351 e. The van der Waals surface area contributed by atoms with Crippen molar-refractivity contribution in [2.45, 2.75) is 13.3 Å². The van der Waals surface area contributed by atoms with Crippen LogP contribution in [0.1, 0.15) is 12.5 Å². The van der Waals surface area contributed by atoms with E-state index in [1.54, 1.807) is 6.07 Å². The number of hydrogen-bond acceptors (Lipinski definition) is 2. The molecule has 4 nitrogen and oxygen atoms in total. The number of carbonyl (C=O) groups excluding carboxylic acids is 1. The van der Waals surface area contributed by atoms with Crippen molar-refractivity contribution in [3.8, 4) is 0 Å². The normalized spacial score (nSPS) is 10.9. The molecule has 0 saturated carbocycles. The summed E-state index contributed by atoms with van der Waals surface area (Å²) in [6.07, 6.45) is 2.70. The standard InChI is InChI=1S/C13H16N3O/c1-2-15-8-7-10-9-16(13(14)17)12-6-4-3-5-11(10)12/h4-6,9,15H,2,7-8H2,1H3,(H2,14,17). The molecule has 3 N–H and O–H groups in total. The van der Waals surface area contributed by atoms with Crippen molar-refractivity contribution in [1.82, 2.24) is 9.88 Å². The van der Waals surface area contributed by atoms with Crippen molar-refractivity contribution < 1.29 is 4.79 Å². The van der Waals surface area contributed by atoms with E-state index < -0.39 is 6.03 Å². The third kappa shape index (κ3) is 2.31. The number of aromatic nitrogens is 1. The smallest absolute Gasteiger partial charge is 0.323 e. The quantitative estimate of drug-likeness (QED) is 0.782. The van der Waals surface area contributed by atoms with Gasteiger partial charge in [-0.3, -0.25) is 4.57 Å². The van der Waals surface area contributed by atoms with E-state index in [1.807, 2.05) is 18.3 Å². The van der Waals surface area contributed by atoms with Crippen molar-refractivity contribution in [3.05, 3.63) is 36.0 Å². The lowest BCUT2D eigenvalue weighted by atomic mass is 10.1. The van der Waals surface area contributed by atoms with Crippen LogP contribution in [0.2, 0.25) is 0 Å². The minimum atomic E-state index is -0.448. The Morgan fingerprint density at radius 2 is 2.41 bits per heavy atom. The summed E-state index contributed by atoms with van der Waals surface area (Å²) in [4.78, 5) is 11.3. The van der Waals surface area contributed by atoms with E-state index in [1.165, 1.54) is 4.57 Å². The largest absolute Gasteiger partial charge is 0.351 e. The SMILES string of the molecule is CCNCCc1cn(C(N)=O)c2cc[c]cc12. The van der Waals surface area contributed by atoms with Crippen LogP contribution in [0, 0.1) is 6.07 Å². The maximum atomic E-state index is 11.3. The number of fused-ring (bicyclic) bond motifs is 1. The van der Waals surface area contributed by atoms with Crippen LogP contribution in [-0.4, -0.2) is 23.7 Å². The van der Waals surface area contributed by atoms with Crippen molar-refractivity contribution in [3.63, 3.8) is 0 Å². The summed E-state index contributed by atoms with van der Waals surface area (Å²) >= 11 is 0. The zero-order chi connectivity index (χ0) is 12.3. The molecular weight excluding hydrogens is 214 g/mol. The summed E-state index contributed by atoms with van der Waals surface area (Å²) in [5.74, 6) is 0. The molecule has 0 bridgehead atoms. The lowest BCUT2D eigenvalue weighted by Crippen LogP contribution is -2.18. The fraction of sp³-hybridized carbons (Fsp3) is 0.308. The molecule has 0 fully saturated rings. The first kappa shape index (κ1) is 11.7. The third-order valence-corrected chi connectivity index (χ3v) is 2.79. The molecule has 0 saturated heterocycles. The minimum absolute atomic E-state index is 0.448. The van der Waals surface area contributed by atoms with Gasteiger partial charge >= 0.3 is 6.03 Å². The van der Waals surface area contributed by atoms with Gasteiger partial charge in [0.25, 0.3) is 0 Å². The van der Waals surface area contributed by atoms with Crippen LogP contribution < -0.4 is 11.1 Å². The highest BCUT2D eigenvalue weighted by atomic mass is 16.2. The van der Waals surface area contributed by atoms with Crippen LogP contribution in [0.15, 0.2) is 24.4 Å². The highest BCUT2D eigenvalue weighted by molar-refractivity contribution is 5.93. The number of nitrogens with one attached hydrogen (secondary N) is 1. The van der Waals surface area contributed by atoms with Crippen molar-refractivity contribution in [1.29, 1.82) is 0 Å². The van der Waals surface area contributed by atoms with E-state index in [2.05, 4.69) is 18.3 Å². The average Bonchev–Trinajstić information content (AvgIpc) is 2.69. The Morgan fingerprint density at radius 1 is 1.59 bits per heavy atom. The van der Waals surface area contributed by atoms with E-state index in [0.29, 0.717) is 0 Å². The molecule has 1 aromatic carbocycles. The molecule has 1 radical (unpaired) electrons. The zero-order valence-corrected chi connectivity index (χ0v) is 9.86. The van der Waals surface area contributed by atoms with E-state index in [0.717, 1.165) is 36.0 Å². The van der Waals surface area contributed by atoms with Gasteiger partial charge in [0, 0.05) is 11.6 Å². The number of nitrogens with two attached hydrogens (primary N) is 1. The second kappa shape index (κ2) is 5.01. The highest BCUT2D eigenvalue weighted by Crippen LogP contribution is 2.20. The number of rotatable bonds is 4. The van der Waals surface area contributed by atoms with Crippen LogP contribution in [-0.2, 0) is 6.42 Å². The Balaban J connectivity index is 2.38. The fourth-order valence-electron chi connectivity index (χ4n) is 1.97. The molecule has 1 heterocycles. The summed E-state index contributed by atoms with van der Waals surface area (Å²) in [6, 6.07) is 8.13.